The topological polar surface area (TPSA) is 98.5 Å². The molecule has 1 amide bonds. The average Bonchev–Trinajstić information content (AvgIpc) is 2.56. The van der Waals surface area contributed by atoms with E-state index in [1.807, 2.05) is 13.0 Å². The van der Waals surface area contributed by atoms with Gasteiger partial charge in [0.1, 0.15) is 0 Å². The summed E-state index contributed by atoms with van der Waals surface area (Å²) in [6, 6.07) is 8.71. The highest BCUT2D eigenvalue weighted by Crippen LogP contribution is 2.22. The summed E-state index contributed by atoms with van der Waals surface area (Å²) in [5.41, 5.74) is 0.942. The van der Waals surface area contributed by atoms with Crippen LogP contribution >= 0.6 is 15.9 Å². The number of anilines is 1. The first kappa shape index (κ1) is 17.6. The highest BCUT2D eigenvalue weighted by molar-refractivity contribution is 9.10. The van der Waals surface area contributed by atoms with Gasteiger partial charge in [0, 0.05) is 27.9 Å². The molecule has 0 saturated carbocycles. The fraction of sp³-hybridized carbons (Fsp3) is 0.125. The Hall–Kier alpha value is -2.74. The lowest BCUT2D eigenvalue weighted by Gasteiger charge is -2.09. The molecule has 0 aliphatic heterocycles. The lowest BCUT2D eigenvalue weighted by atomic mass is 10.1. The number of ether oxygens (including phenoxy) is 1. The fourth-order valence-electron chi connectivity index (χ4n) is 2.05. The van der Waals surface area contributed by atoms with E-state index in [1.165, 1.54) is 6.07 Å². The van der Waals surface area contributed by atoms with Gasteiger partial charge in [-0.15, -0.1) is 0 Å². The summed E-state index contributed by atoms with van der Waals surface area (Å²) >= 11 is 3.33. The summed E-state index contributed by atoms with van der Waals surface area (Å²) in [5, 5.41) is 13.7. The van der Waals surface area contributed by atoms with Gasteiger partial charge in [-0.25, -0.2) is 4.79 Å². The van der Waals surface area contributed by atoms with Crippen LogP contribution in [0, 0.1) is 17.0 Å². The summed E-state index contributed by atoms with van der Waals surface area (Å²) in [7, 11) is 1.16. The van der Waals surface area contributed by atoms with Crippen molar-refractivity contribution in [3.63, 3.8) is 0 Å². The normalized spacial score (nSPS) is 10.1. The molecule has 24 heavy (non-hydrogen) atoms. The van der Waals surface area contributed by atoms with Crippen LogP contribution in [-0.4, -0.2) is 23.9 Å². The van der Waals surface area contributed by atoms with Gasteiger partial charge < -0.3 is 10.1 Å². The molecule has 0 aliphatic rings. The van der Waals surface area contributed by atoms with E-state index in [9.17, 15) is 19.7 Å². The monoisotopic (exact) mass is 392 g/mol. The van der Waals surface area contributed by atoms with Gasteiger partial charge >= 0.3 is 5.97 Å². The van der Waals surface area contributed by atoms with Crippen molar-refractivity contribution in [1.29, 1.82) is 0 Å². The predicted octanol–water partition coefficient (Wildman–Crippen LogP) is 3.70. The van der Waals surface area contributed by atoms with Crippen LogP contribution in [0.3, 0.4) is 0 Å². The molecule has 8 heteroatoms. The highest BCUT2D eigenvalue weighted by Gasteiger charge is 2.18. The number of carbonyl (C=O) groups is 2. The Morgan fingerprint density at radius 1 is 1.17 bits per heavy atom. The van der Waals surface area contributed by atoms with Gasteiger partial charge in [0.25, 0.3) is 11.6 Å². The van der Waals surface area contributed by atoms with Crippen LogP contribution < -0.4 is 5.32 Å². The molecule has 0 fully saturated rings. The first-order chi connectivity index (χ1) is 11.3. The van der Waals surface area contributed by atoms with E-state index in [4.69, 9.17) is 0 Å². The molecule has 0 spiro atoms. The number of nitrogens with one attached hydrogen (secondary N) is 1. The molecule has 1 N–H and O–H groups in total. The summed E-state index contributed by atoms with van der Waals surface area (Å²) in [6.07, 6.45) is 0. The number of esters is 1. The van der Waals surface area contributed by atoms with Crippen molar-refractivity contribution >= 4 is 39.2 Å². The second kappa shape index (κ2) is 7.22. The second-order valence-corrected chi connectivity index (χ2v) is 5.85. The molecular weight excluding hydrogens is 380 g/mol. The summed E-state index contributed by atoms with van der Waals surface area (Å²) in [6.45, 7) is 1.81. The average molecular weight is 393 g/mol. The molecule has 0 atom stereocenters. The van der Waals surface area contributed by atoms with Crippen LogP contribution in [0.4, 0.5) is 11.4 Å². The molecule has 0 aliphatic carbocycles. The minimum atomic E-state index is -0.757. The molecule has 7 nitrogen and oxygen atoms in total. The van der Waals surface area contributed by atoms with Crippen LogP contribution in [0.2, 0.25) is 0 Å². The van der Waals surface area contributed by atoms with E-state index in [1.54, 1.807) is 12.1 Å². The Morgan fingerprint density at radius 2 is 1.83 bits per heavy atom. The number of aryl methyl sites for hydroxylation is 1. The fourth-order valence-corrected chi connectivity index (χ4v) is 2.52. The SMILES string of the molecule is COC(=O)c1cc(C(=O)Nc2ccc(Br)cc2C)cc([N+](=O)[O-])c1. The number of amides is 1. The Bertz CT molecular complexity index is 835. The third-order valence-electron chi connectivity index (χ3n) is 3.25. The molecule has 0 saturated heterocycles. The van der Waals surface area contributed by atoms with Crippen molar-refractivity contribution in [2.75, 3.05) is 12.4 Å². The molecule has 0 radical (unpaired) electrons. The number of halogens is 1. The lowest BCUT2D eigenvalue weighted by Crippen LogP contribution is -2.14. The van der Waals surface area contributed by atoms with E-state index in [0.717, 1.165) is 29.3 Å². The number of nitro benzene ring substituents is 1. The van der Waals surface area contributed by atoms with Gasteiger partial charge in [0.05, 0.1) is 17.6 Å². The first-order valence-corrected chi connectivity index (χ1v) is 7.56. The third kappa shape index (κ3) is 3.96. The van der Waals surface area contributed by atoms with Crippen LogP contribution in [0.1, 0.15) is 26.3 Å². The molecule has 0 bridgehead atoms. The van der Waals surface area contributed by atoms with E-state index in [2.05, 4.69) is 26.0 Å². The number of hydrogen-bond donors (Lipinski definition) is 1. The van der Waals surface area contributed by atoms with Crippen molar-refractivity contribution < 1.29 is 19.2 Å². The minimum Gasteiger partial charge on any atom is -0.465 e. The molecular formula is C16H13BrN2O5. The Kier molecular flexibility index (Phi) is 5.30. The number of carbonyl (C=O) groups excluding carboxylic acids is 2. The summed E-state index contributed by atoms with van der Waals surface area (Å²) in [5.74, 6) is -1.32. The van der Waals surface area contributed by atoms with Crippen LogP contribution in [-0.2, 0) is 4.74 Å². The Balaban J connectivity index is 2.39. The van der Waals surface area contributed by atoms with Crippen molar-refractivity contribution in [3.05, 3.63) is 67.7 Å². The highest BCUT2D eigenvalue weighted by atomic mass is 79.9. The Morgan fingerprint density at radius 3 is 2.42 bits per heavy atom. The summed E-state index contributed by atoms with van der Waals surface area (Å²) in [4.78, 5) is 34.4. The number of rotatable bonds is 4. The first-order valence-electron chi connectivity index (χ1n) is 6.77. The maximum atomic E-state index is 12.4. The maximum Gasteiger partial charge on any atom is 0.338 e. The number of nitro groups is 1. The number of non-ortho nitro benzene ring substituents is 1. The molecule has 0 unspecified atom stereocenters. The maximum absolute atomic E-state index is 12.4. The zero-order valence-corrected chi connectivity index (χ0v) is 14.4. The van der Waals surface area contributed by atoms with Crippen LogP contribution in [0.5, 0.6) is 0 Å². The molecule has 0 aromatic heterocycles. The van der Waals surface area contributed by atoms with Crippen molar-refractivity contribution in [1.82, 2.24) is 0 Å². The zero-order valence-electron chi connectivity index (χ0n) is 12.8. The summed E-state index contributed by atoms with van der Waals surface area (Å²) < 4.78 is 5.42. The molecule has 2 rings (SSSR count). The van der Waals surface area contributed by atoms with E-state index in [0.29, 0.717) is 5.69 Å². The zero-order chi connectivity index (χ0) is 17.9. The lowest BCUT2D eigenvalue weighted by molar-refractivity contribution is -0.384. The number of nitrogens with zero attached hydrogens (tertiary/aromatic N) is 1. The third-order valence-corrected chi connectivity index (χ3v) is 3.74. The molecule has 124 valence electrons. The minimum absolute atomic E-state index is 0.00748. The Labute approximate surface area is 145 Å². The smallest absolute Gasteiger partial charge is 0.338 e. The van der Waals surface area contributed by atoms with Gasteiger partial charge in [-0.1, -0.05) is 15.9 Å². The van der Waals surface area contributed by atoms with E-state index < -0.39 is 16.8 Å². The second-order valence-electron chi connectivity index (χ2n) is 4.93. The van der Waals surface area contributed by atoms with Gasteiger partial charge in [0.2, 0.25) is 0 Å². The number of benzene rings is 2. The van der Waals surface area contributed by atoms with Crippen molar-refractivity contribution in [2.45, 2.75) is 6.92 Å². The van der Waals surface area contributed by atoms with Crippen molar-refractivity contribution in [2.24, 2.45) is 0 Å². The number of hydrogen-bond acceptors (Lipinski definition) is 5. The molecule has 2 aromatic rings. The van der Waals surface area contributed by atoms with Gasteiger partial charge in [-0.05, 0) is 36.8 Å². The van der Waals surface area contributed by atoms with Gasteiger partial charge in [0.15, 0.2) is 0 Å². The van der Waals surface area contributed by atoms with E-state index >= 15 is 0 Å². The standard InChI is InChI=1S/C16H13BrN2O5/c1-9-5-12(17)3-4-14(9)18-15(20)10-6-11(16(21)24-2)8-13(7-10)19(22)23/h3-8H,1-2H3,(H,18,20). The van der Waals surface area contributed by atoms with Crippen LogP contribution in [0.15, 0.2) is 40.9 Å². The van der Waals surface area contributed by atoms with Gasteiger partial charge in [-0.2, -0.15) is 0 Å². The van der Waals surface area contributed by atoms with Crippen molar-refractivity contribution in [3.8, 4) is 0 Å². The largest absolute Gasteiger partial charge is 0.465 e. The number of methoxy groups -OCH3 is 1. The van der Waals surface area contributed by atoms with Gasteiger partial charge in [-0.3, -0.25) is 14.9 Å². The molecule has 2 aromatic carbocycles. The van der Waals surface area contributed by atoms with E-state index in [-0.39, 0.29) is 16.8 Å². The van der Waals surface area contributed by atoms with Crippen LogP contribution in [0.25, 0.3) is 0 Å². The predicted molar refractivity (Wildman–Crippen MR) is 91.3 cm³/mol. The quantitative estimate of drug-likeness (QED) is 0.485. The molecule has 0 heterocycles.